The van der Waals surface area contributed by atoms with Crippen LogP contribution in [0.5, 0.6) is 0 Å². The van der Waals surface area contributed by atoms with Crippen LogP contribution >= 0.6 is 15.9 Å². The Morgan fingerprint density at radius 3 is 2.72 bits per heavy atom. The number of nitrogens with zero attached hydrogens (tertiary/aromatic N) is 3. The fraction of sp³-hybridized carbons (Fsp3) is 0.400. The molecule has 1 unspecified atom stereocenters. The number of hydrogen-bond donors (Lipinski definition) is 3. The molecule has 2 aromatic heterocycles. The topological polar surface area (TPSA) is 99.8 Å². The van der Waals surface area contributed by atoms with E-state index in [1.54, 1.807) is 22.8 Å². The van der Waals surface area contributed by atoms with Crippen molar-refractivity contribution >= 4 is 38.5 Å². The van der Waals surface area contributed by atoms with Crippen LogP contribution in [0.15, 0.2) is 45.9 Å². The Balaban J connectivity index is 1.65. The second-order valence-corrected chi connectivity index (χ2v) is 9.23. The summed E-state index contributed by atoms with van der Waals surface area (Å²) in [6.45, 7) is 0.182. The van der Waals surface area contributed by atoms with Gasteiger partial charge in [0.05, 0.1) is 21.3 Å². The van der Waals surface area contributed by atoms with Crippen molar-refractivity contribution in [3.05, 3.63) is 52.3 Å². The second kappa shape index (κ2) is 8.91. The van der Waals surface area contributed by atoms with Crippen molar-refractivity contribution in [2.24, 2.45) is 5.92 Å². The predicted octanol–water partition coefficient (Wildman–Crippen LogP) is 3.63. The van der Waals surface area contributed by atoms with Gasteiger partial charge in [0.15, 0.2) is 16.7 Å². The molecule has 7 nitrogen and oxygen atoms in total. The van der Waals surface area contributed by atoms with Gasteiger partial charge in [-0.1, -0.05) is 25.0 Å². The van der Waals surface area contributed by atoms with E-state index in [-0.39, 0.29) is 18.6 Å². The number of aliphatic hydroxyl groups is 1. The molecule has 1 aliphatic carbocycles. The molecule has 0 saturated heterocycles. The van der Waals surface area contributed by atoms with E-state index in [9.17, 15) is 13.9 Å². The van der Waals surface area contributed by atoms with Crippen LogP contribution in [0.4, 0.5) is 5.82 Å². The molecular weight excluding hydrogens is 456 g/mol. The Morgan fingerprint density at radius 2 is 2.00 bits per heavy atom. The first-order valence-corrected chi connectivity index (χ1v) is 11.6. The van der Waals surface area contributed by atoms with Gasteiger partial charge < -0.3 is 15.0 Å². The van der Waals surface area contributed by atoms with E-state index in [1.807, 2.05) is 18.2 Å². The zero-order valence-corrected chi connectivity index (χ0v) is 18.2. The molecule has 154 valence electrons. The highest BCUT2D eigenvalue weighted by molar-refractivity contribution is 9.10. The summed E-state index contributed by atoms with van der Waals surface area (Å²) in [6, 6.07) is 9.23. The van der Waals surface area contributed by atoms with Crippen LogP contribution in [0, 0.1) is 5.92 Å². The molecule has 3 atom stereocenters. The summed E-state index contributed by atoms with van der Waals surface area (Å²) >= 11 is 1.54. The highest BCUT2D eigenvalue weighted by Crippen LogP contribution is 2.28. The van der Waals surface area contributed by atoms with Gasteiger partial charge in [-0.3, -0.25) is 0 Å². The number of hydrogen-bond acceptors (Lipinski definition) is 5. The number of aromatic nitrogens is 3. The molecule has 1 fully saturated rings. The molecule has 9 heteroatoms. The van der Waals surface area contributed by atoms with Gasteiger partial charge in [0.25, 0.3) is 0 Å². The molecule has 2 heterocycles. The standard InChI is InChI=1S/C20H23BrN4O3S/c21-17-11-22-25-15(9-13-5-7-16(8-6-13)29(27)28)10-19(24-20(17)25)23-18-4-2-1-3-14(18)12-26/h5-8,10-11,14,18,26H,1-4,9,12H2,(H,23,24)(H,27,28)/t14-,18-/m1/s1. The summed E-state index contributed by atoms with van der Waals surface area (Å²) < 4.78 is 23.0. The van der Waals surface area contributed by atoms with Crippen molar-refractivity contribution in [3.63, 3.8) is 0 Å². The lowest BCUT2D eigenvalue weighted by Crippen LogP contribution is -2.34. The maximum Gasteiger partial charge on any atom is 0.186 e. The molecular formula is C20H23BrN4O3S. The number of aliphatic hydroxyl groups excluding tert-OH is 1. The lowest BCUT2D eigenvalue weighted by Gasteiger charge is -2.31. The molecule has 29 heavy (non-hydrogen) atoms. The summed E-state index contributed by atoms with van der Waals surface area (Å²) in [4.78, 5) is 5.10. The van der Waals surface area contributed by atoms with Crippen molar-refractivity contribution in [1.82, 2.24) is 14.6 Å². The first kappa shape index (κ1) is 20.5. The molecule has 3 aromatic rings. The average Bonchev–Trinajstić information content (AvgIpc) is 3.10. The molecule has 1 aliphatic rings. The van der Waals surface area contributed by atoms with E-state index < -0.39 is 11.1 Å². The number of nitrogens with one attached hydrogen (secondary N) is 1. The monoisotopic (exact) mass is 478 g/mol. The molecule has 0 radical (unpaired) electrons. The van der Waals surface area contributed by atoms with Gasteiger partial charge >= 0.3 is 0 Å². The summed E-state index contributed by atoms with van der Waals surface area (Å²) in [6.07, 6.45) is 6.69. The lowest BCUT2D eigenvalue weighted by atomic mass is 9.85. The van der Waals surface area contributed by atoms with Crippen LogP contribution in [0.2, 0.25) is 0 Å². The van der Waals surface area contributed by atoms with Crippen molar-refractivity contribution in [3.8, 4) is 0 Å². The van der Waals surface area contributed by atoms with Crippen LogP contribution in [0.3, 0.4) is 0 Å². The zero-order valence-electron chi connectivity index (χ0n) is 15.8. The Morgan fingerprint density at radius 1 is 1.24 bits per heavy atom. The normalized spacial score (nSPS) is 20.7. The Labute approximate surface area is 180 Å². The van der Waals surface area contributed by atoms with Gasteiger partial charge in [0.2, 0.25) is 0 Å². The van der Waals surface area contributed by atoms with Crippen molar-refractivity contribution < 1.29 is 13.9 Å². The van der Waals surface area contributed by atoms with E-state index >= 15 is 0 Å². The molecule has 3 N–H and O–H groups in total. The quantitative estimate of drug-likeness (QED) is 0.467. The third-order valence-electron chi connectivity index (χ3n) is 5.49. The van der Waals surface area contributed by atoms with Gasteiger partial charge in [-0.05, 0) is 46.5 Å². The number of anilines is 1. The Kier molecular flexibility index (Phi) is 6.29. The Bertz CT molecular complexity index is 1020. The molecule has 0 amide bonds. The molecule has 0 spiro atoms. The summed E-state index contributed by atoms with van der Waals surface area (Å²) in [5.74, 6) is 1.01. The summed E-state index contributed by atoms with van der Waals surface area (Å²) in [7, 11) is 0. The average molecular weight is 479 g/mol. The van der Waals surface area contributed by atoms with Crippen LogP contribution in [-0.4, -0.2) is 41.1 Å². The molecule has 0 bridgehead atoms. The molecule has 0 aliphatic heterocycles. The third kappa shape index (κ3) is 4.53. The molecule has 1 aromatic carbocycles. The predicted molar refractivity (Wildman–Crippen MR) is 115 cm³/mol. The fourth-order valence-electron chi connectivity index (χ4n) is 3.94. The minimum atomic E-state index is -1.98. The van der Waals surface area contributed by atoms with Gasteiger partial charge in [0, 0.05) is 31.1 Å². The highest BCUT2D eigenvalue weighted by atomic mass is 79.9. The molecule has 4 rings (SSSR count). The minimum absolute atomic E-state index is 0.182. The summed E-state index contributed by atoms with van der Waals surface area (Å²) in [5.41, 5.74) is 2.70. The van der Waals surface area contributed by atoms with E-state index in [1.165, 1.54) is 0 Å². The number of fused-ring (bicyclic) bond motifs is 1. The van der Waals surface area contributed by atoms with Gasteiger partial charge in [-0.25, -0.2) is 13.7 Å². The second-order valence-electron chi connectivity index (χ2n) is 7.41. The summed E-state index contributed by atoms with van der Waals surface area (Å²) in [5, 5.41) is 17.7. The largest absolute Gasteiger partial charge is 0.396 e. The number of benzene rings is 1. The van der Waals surface area contributed by atoms with Gasteiger partial charge in [-0.2, -0.15) is 5.10 Å². The van der Waals surface area contributed by atoms with Crippen molar-refractivity contribution in [2.45, 2.75) is 43.0 Å². The Hall–Kier alpha value is -1.81. The van der Waals surface area contributed by atoms with Crippen LogP contribution in [0.1, 0.15) is 36.9 Å². The highest BCUT2D eigenvalue weighted by Gasteiger charge is 2.25. The molecule has 1 saturated carbocycles. The SMILES string of the molecule is O=S(O)c1ccc(Cc2cc(N[C@@H]3CCCC[C@@H]3CO)nc3c(Br)cnn23)cc1. The zero-order chi connectivity index (χ0) is 20.4. The van der Waals surface area contributed by atoms with Crippen molar-refractivity contribution in [2.75, 3.05) is 11.9 Å². The van der Waals surface area contributed by atoms with Crippen LogP contribution in [0.25, 0.3) is 5.65 Å². The fourth-order valence-corrected chi connectivity index (χ4v) is 4.65. The minimum Gasteiger partial charge on any atom is -0.396 e. The van der Waals surface area contributed by atoms with Gasteiger partial charge in [0.1, 0.15) is 5.82 Å². The van der Waals surface area contributed by atoms with Gasteiger partial charge in [-0.15, -0.1) is 0 Å². The van der Waals surface area contributed by atoms with Crippen LogP contribution < -0.4 is 5.32 Å². The third-order valence-corrected chi connectivity index (χ3v) is 6.72. The maximum absolute atomic E-state index is 11.2. The van der Waals surface area contributed by atoms with Crippen molar-refractivity contribution in [1.29, 1.82) is 0 Å². The van der Waals surface area contributed by atoms with E-state index in [0.717, 1.165) is 52.9 Å². The van der Waals surface area contributed by atoms with E-state index in [4.69, 9.17) is 4.98 Å². The maximum atomic E-state index is 11.2. The first-order chi connectivity index (χ1) is 14.0. The number of halogens is 1. The number of rotatable bonds is 6. The first-order valence-electron chi connectivity index (χ1n) is 9.65. The lowest BCUT2D eigenvalue weighted by molar-refractivity contribution is 0.178. The van der Waals surface area contributed by atoms with E-state index in [0.29, 0.717) is 11.3 Å². The van der Waals surface area contributed by atoms with Crippen LogP contribution in [-0.2, 0) is 17.5 Å². The smallest absolute Gasteiger partial charge is 0.186 e. The van der Waals surface area contributed by atoms with E-state index in [2.05, 4.69) is 26.3 Å².